The maximum atomic E-state index is 4.59. The van der Waals surface area contributed by atoms with Gasteiger partial charge in [-0.05, 0) is 33.6 Å². The molecule has 0 bridgehead atoms. The van der Waals surface area contributed by atoms with Gasteiger partial charge in [0.05, 0.1) is 6.54 Å². The fourth-order valence-electron chi connectivity index (χ4n) is 2.08. The highest BCUT2D eigenvalue weighted by atomic mass is 15.2. The smallest absolute Gasteiger partial charge is 0.144 e. The molecule has 0 atom stereocenters. The number of nitrogens with one attached hydrogen (secondary N) is 1. The molecule has 1 aromatic rings. The second-order valence-electron chi connectivity index (χ2n) is 5.76. The van der Waals surface area contributed by atoms with Crippen molar-refractivity contribution in [1.29, 1.82) is 0 Å². The highest BCUT2D eigenvalue weighted by Crippen LogP contribution is 2.11. The Hall–Kier alpha value is -1.16. The van der Waals surface area contributed by atoms with Crippen molar-refractivity contribution >= 4 is 5.82 Å². The SMILES string of the molecule is CCNc1cc(C)nc(CN(CC(C)C)C(C)C)n1. The fourth-order valence-corrected chi connectivity index (χ4v) is 2.08. The number of nitrogens with zero attached hydrogens (tertiary/aromatic N) is 3. The van der Waals surface area contributed by atoms with Crippen LogP contribution in [0.25, 0.3) is 0 Å². The number of hydrogen-bond acceptors (Lipinski definition) is 4. The number of hydrogen-bond donors (Lipinski definition) is 1. The molecule has 0 spiro atoms. The van der Waals surface area contributed by atoms with Crippen molar-refractivity contribution in [3.05, 3.63) is 17.6 Å². The van der Waals surface area contributed by atoms with E-state index in [-0.39, 0.29) is 0 Å². The van der Waals surface area contributed by atoms with Crippen molar-refractivity contribution in [3.8, 4) is 0 Å². The summed E-state index contributed by atoms with van der Waals surface area (Å²) in [5, 5.41) is 3.26. The molecule has 4 nitrogen and oxygen atoms in total. The Morgan fingerprint density at radius 1 is 1.21 bits per heavy atom. The molecule has 0 amide bonds. The molecule has 1 N–H and O–H groups in total. The zero-order chi connectivity index (χ0) is 14.4. The molecule has 0 aromatic carbocycles. The van der Waals surface area contributed by atoms with Crippen molar-refractivity contribution in [3.63, 3.8) is 0 Å². The van der Waals surface area contributed by atoms with E-state index in [1.165, 1.54) is 0 Å². The maximum absolute atomic E-state index is 4.59. The van der Waals surface area contributed by atoms with E-state index < -0.39 is 0 Å². The lowest BCUT2D eigenvalue weighted by molar-refractivity contribution is 0.184. The molecule has 0 aliphatic heterocycles. The van der Waals surface area contributed by atoms with Gasteiger partial charge in [0, 0.05) is 30.9 Å². The molecule has 108 valence electrons. The summed E-state index contributed by atoms with van der Waals surface area (Å²) < 4.78 is 0. The minimum atomic E-state index is 0.508. The van der Waals surface area contributed by atoms with Crippen LogP contribution in [0.15, 0.2) is 6.07 Å². The van der Waals surface area contributed by atoms with Gasteiger partial charge in [-0.3, -0.25) is 4.90 Å². The number of aryl methyl sites for hydroxylation is 1. The van der Waals surface area contributed by atoms with Crippen LogP contribution < -0.4 is 5.32 Å². The lowest BCUT2D eigenvalue weighted by atomic mass is 10.2. The summed E-state index contributed by atoms with van der Waals surface area (Å²) in [6, 6.07) is 2.50. The van der Waals surface area contributed by atoms with Crippen molar-refractivity contribution < 1.29 is 0 Å². The average molecular weight is 264 g/mol. The minimum absolute atomic E-state index is 0.508. The first kappa shape index (κ1) is 15.9. The summed E-state index contributed by atoms with van der Waals surface area (Å²) in [6.45, 7) is 15.8. The van der Waals surface area contributed by atoms with Crippen LogP contribution in [0.1, 0.15) is 46.1 Å². The van der Waals surface area contributed by atoms with Gasteiger partial charge in [-0.15, -0.1) is 0 Å². The minimum Gasteiger partial charge on any atom is -0.370 e. The molecule has 1 aromatic heterocycles. The Morgan fingerprint density at radius 3 is 2.42 bits per heavy atom. The predicted octanol–water partition coefficient (Wildman–Crippen LogP) is 3.08. The van der Waals surface area contributed by atoms with E-state index in [4.69, 9.17) is 0 Å². The summed E-state index contributed by atoms with van der Waals surface area (Å²) >= 11 is 0. The average Bonchev–Trinajstić information content (AvgIpc) is 2.27. The van der Waals surface area contributed by atoms with Gasteiger partial charge < -0.3 is 5.32 Å². The number of rotatable bonds is 7. The molecule has 0 saturated heterocycles. The molecule has 0 fully saturated rings. The Balaban J connectivity index is 2.83. The molecule has 19 heavy (non-hydrogen) atoms. The molecule has 0 radical (unpaired) electrons. The van der Waals surface area contributed by atoms with Crippen LogP contribution in [-0.4, -0.2) is 34.0 Å². The third kappa shape index (κ3) is 5.55. The molecule has 1 rings (SSSR count). The van der Waals surface area contributed by atoms with Crippen LogP contribution in [0.5, 0.6) is 0 Å². The normalized spacial score (nSPS) is 11.6. The molecule has 0 aliphatic carbocycles. The second kappa shape index (κ2) is 7.43. The quantitative estimate of drug-likeness (QED) is 0.821. The van der Waals surface area contributed by atoms with Gasteiger partial charge in [-0.2, -0.15) is 0 Å². The summed E-state index contributed by atoms with van der Waals surface area (Å²) in [5.74, 6) is 2.49. The largest absolute Gasteiger partial charge is 0.370 e. The van der Waals surface area contributed by atoms with Crippen LogP contribution >= 0.6 is 0 Å². The van der Waals surface area contributed by atoms with Gasteiger partial charge in [-0.25, -0.2) is 9.97 Å². The third-order valence-electron chi connectivity index (χ3n) is 2.93. The Morgan fingerprint density at radius 2 is 1.89 bits per heavy atom. The summed E-state index contributed by atoms with van der Waals surface area (Å²) in [5.41, 5.74) is 1.02. The van der Waals surface area contributed by atoms with Gasteiger partial charge in [-0.1, -0.05) is 13.8 Å². The van der Waals surface area contributed by atoms with Crippen molar-refractivity contribution in [2.45, 2.75) is 54.1 Å². The molecular weight excluding hydrogens is 236 g/mol. The van der Waals surface area contributed by atoms with Crippen LogP contribution in [0.2, 0.25) is 0 Å². The number of anilines is 1. The van der Waals surface area contributed by atoms with Crippen molar-refractivity contribution in [2.75, 3.05) is 18.4 Å². The molecule has 0 aliphatic rings. The predicted molar refractivity (Wildman–Crippen MR) is 81.3 cm³/mol. The third-order valence-corrected chi connectivity index (χ3v) is 2.93. The Kier molecular flexibility index (Phi) is 6.22. The van der Waals surface area contributed by atoms with E-state index in [0.717, 1.165) is 37.0 Å². The summed E-state index contributed by atoms with van der Waals surface area (Å²) in [4.78, 5) is 11.6. The summed E-state index contributed by atoms with van der Waals surface area (Å²) in [7, 11) is 0. The van der Waals surface area contributed by atoms with E-state index in [0.29, 0.717) is 12.0 Å². The molecule has 1 heterocycles. The van der Waals surface area contributed by atoms with Gasteiger partial charge in [0.1, 0.15) is 11.6 Å². The van der Waals surface area contributed by atoms with E-state index in [1.54, 1.807) is 0 Å². The zero-order valence-corrected chi connectivity index (χ0v) is 13.2. The van der Waals surface area contributed by atoms with Crippen LogP contribution in [-0.2, 0) is 6.54 Å². The molecular formula is C15H28N4. The van der Waals surface area contributed by atoms with Crippen LogP contribution in [0.4, 0.5) is 5.82 Å². The standard InChI is InChI=1S/C15H28N4/c1-7-16-14-8-13(6)17-15(18-14)10-19(12(4)5)9-11(2)3/h8,11-12H,7,9-10H2,1-6H3,(H,16,17,18). The Bertz CT molecular complexity index is 388. The lowest BCUT2D eigenvalue weighted by Gasteiger charge is -2.27. The fraction of sp³-hybridized carbons (Fsp3) is 0.733. The van der Waals surface area contributed by atoms with Gasteiger partial charge in [0.25, 0.3) is 0 Å². The van der Waals surface area contributed by atoms with E-state index >= 15 is 0 Å². The zero-order valence-electron chi connectivity index (χ0n) is 13.2. The van der Waals surface area contributed by atoms with Crippen LogP contribution in [0.3, 0.4) is 0 Å². The van der Waals surface area contributed by atoms with Crippen molar-refractivity contribution in [1.82, 2.24) is 14.9 Å². The van der Waals surface area contributed by atoms with Crippen LogP contribution in [0, 0.1) is 12.8 Å². The lowest BCUT2D eigenvalue weighted by Crippen LogP contribution is -2.34. The summed E-state index contributed by atoms with van der Waals surface area (Å²) in [6.07, 6.45) is 0. The molecule has 0 saturated carbocycles. The number of aromatic nitrogens is 2. The highest BCUT2D eigenvalue weighted by Gasteiger charge is 2.14. The first-order chi connectivity index (χ1) is 8.92. The molecule has 0 unspecified atom stereocenters. The topological polar surface area (TPSA) is 41.1 Å². The second-order valence-corrected chi connectivity index (χ2v) is 5.76. The molecule has 4 heteroatoms. The van der Waals surface area contributed by atoms with Gasteiger partial charge >= 0.3 is 0 Å². The highest BCUT2D eigenvalue weighted by molar-refractivity contribution is 5.35. The van der Waals surface area contributed by atoms with Gasteiger partial charge in [0.15, 0.2) is 0 Å². The first-order valence-corrected chi connectivity index (χ1v) is 7.24. The Labute approximate surface area is 117 Å². The van der Waals surface area contributed by atoms with E-state index in [2.05, 4.69) is 54.8 Å². The van der Waals surface area contributed by atoms with Gasteiger partial charge in [0.2, 0.25) is 0 Å². The maximum Gasteiger partial charge on any atom is 0.144 e. The van der Waals surface area contributed by atoms with Crippen molar-refractivity contribution in [2.24, 2.45) is 5.92 Å². The first-order valence-electron chi connectivity index (χ1n) is 7.24. The monoisotopic (exact) mass is 264 g/mol. The van der Waals surface area contributed by atoms with E-state index in [9.17, 15) is 0 Å². The van der Waals surface area contributed by atoms with E-state index in [1.807, 2.05) is 13.0 Å².